The minimum Gasteiger partial charge on any atom is -0.508 e. The maximum atomic E-state index is 11.0. The second-order valence-electron chi connectivity index (χ2n) is 16.7. The Labute approximate surface area is 321 Å². The highest BCUT2D eigenvalue weighted by Crippen LogP contribution is 2.69. The summed E-state index contributed by atoms with van der Waals surface area (Å²) in [7, 11) is 0. The summed E-state index contributed by atoms with van der Waals surface area (Å²) in [5.41, 5.74) is 10.7. The average Bonchev–Trinajstić information content (AvgIpc) is 3.95. The molecule has 54 heavy (non-hydrogen) atoms. The van der Waals surface area contributed by atoms with E-state index >= 15 is 0 Å². The quantitative estimate of drug-likeness (QED) is 0.201. The summed E-state index contributed by atoms with van der Waals surface area (Å²) in [6, 6.07) is 33.6. The molecule has 0 amide bonds. The van der Waals surface area contributed by atoms with Gasteiger partial charge in [-0.25, -0.2) is 0 Å². The molecule has 4 heteroatoms. The molecule has 1 spiro atoms. The monoisotopic (exact) mass is 714 g/mol. The van der Waals surface area contributed by atoms with Crippen LogP contribution in [0.15, 0.2) is 97.1 Å². The second-order valence-corrected chi connectivity index (χ2v) is 16.7. The van der Waals surface area contributed by atoms with Crippen LogP contribution < -0.4 is 14.5 Å². The van der Waals surface area contributed by atoms with Crippen LogP contribution in [-0.4, -0.2) is 31.3 Å². The Kier molecular flexibility index (Phi) is 8.30. The molecule has 5 aromatic carbocycles. The Hall–Kier alpha value is -4.70. The fourth-order valence-electron chi connectivity index (χ4n) is 11.7. The number of anilines is 2. The molecule has 1 N–H and O–H groups in total. The van der Waals surface area contributed by atoms with Gasteiger partial charge in [0, 0.05) is 65.0 Å². The summed E-state index contributed by atoms with van der Waals surface area (Å²) in [6.07, 6.45) is 17.5. The van der Waals surface area contributed by atoms with Crippen molar-refractivity contribution in [3.05, 3.63) is 125 Å². The van der Waals surface area contributed by atoms with E-state index in [4.69, 9.17) is 4.74 Å². The van der Waals surface area contributed by atoms with Gasteiger partial charge in [0.1, 0.15) is 11.5 Å². The first-order chi connectivity index (χ1) is 26.6. The molecule has 3 aliphatic heterocycles. The third-order valence-corrected chi connectivity index (χ3v) is 14.0. The molecule has 0 radical (unpaired) electrons. The number of piperidine rings is 2. The lowest BCUT2D eigenvalue weighted by Gasteiger charge is -2.41. The molecule has 2 saturated heterocycles. The zero-order valence-corrected chi connectivity index (χ0v) is 32.1. The molecule has 4 unspecified atom stereocenters. The molecular weight excluding hydrogens is 661 g/mol. The Morgan fingerprint density at radius 2 is 1.37 bits per heavy atom. The first-order valence-corrected chi connectivity index (χ1v) is 21.1. The Balaban J connectivity index is 0.00000178. The first kappa shape index (κ1) is 33.8. The standard InChI is InChI=1S/C48H48N2O2.C2H6/c51-38-19-21-40-43(30-38)47(31-32-12-13-35(47)28-32)45-41-22-23-48(33-10-4-1-5-11-33,34-14-16-36(17-15-34)49-24-6-2-7-25-49)52-46(41)42-29-37(18-20-39(42)44(40)45)50-26-8-3-9-27-50;1-2/h1,4-5,10-11,14-23,29-30,32,35,51H,2-3,6-9,12-13,24-28,31H2;1-2H3. The van der Waals surface area contributed by atoms with Gasteiger partial charge in [-0.1, -0.05) is 80.9 Å². The van der Waals surface area contributed by atoms with E-state index in [0.717, 1.165) is 55.4 Å². The van der Waals surface area contributed by atoms with Crippen LogP contribution in [0.25, 0.3) is 28.0 Å². The van der Waals surface area contributed by atoms with Crippen molar-refractivity contribution in [1.82, 2.24) is 0 Å². The van der Waals surface area contributed by atoms with Crippen LogP contribution in [0, 0.1) is 11.8 Å². The molecule has 2 bridgehead atoms. The van der Waals surface area contributed by atoms with E-state index in [1.807, 2.05) is 19.9 Å². The number of rotatable bonds is 4. The van der Waals surface area contributed by atoms with Gasteiger partial charge in [0.15, 0.2) is 5.60 Å². The zero-order valence-electron chi connectivity index (χ0n) is 32.1. The first-order valence-electron chi connectivity index (χ1n) is 21.1. The van der Waals surface area contributed by atoms with Crippen molar-refractivity contribution < 1.29 is 9.84 Å². The van der Waals surface area contributed by atoms with E-state index < -0.39 is 5.60 Å². The molecule has 276 valence electrons. The van der Waals surface area contributed by atoms with Crippen LogP contribution in [0.2, 0.25) is 0 Å². The molecule has 2 saturated carbocycles. The van der Waals surface area contributed by atoms with Gasteiger partial charge in [-0.05, 0) is 140 Å². The molecule has 3 aliphatic carbocycles. The number of benzene rings is 5. The summed E-state index contributed by atoms with van der Waals surface area (Å²) in [5.74, 6) is 2.69. The zero-order chi connectivity index (χ0) is 36.4. The Morgan fingerprint density at radius 3 is 2.06 bits per heavy atom. The summed E-state index contributed by atoms with van der Waals surface area (Å²) in [6.45, 7) is 8.47. The number of hydrogen-bond acceptors (Lipinski definition) is 4. The summed E-state index contributed by atoms with van der Waals surface area (Å²) in [4.78, 5) is 5.12. The maximum absolute atomic E-state index is 11.0. The number of hydrogen-bond donors (Lipinski definition) is 1. The minimum absolute atomic E-state index is 0.104. The molecule has 4 atom stereocenters. The highest BCUT2D eigenvalue weighted by atomic mass is 16.5. The highest BCUT2D eigenvalue weighted by Gasteiger charge is 2.59. The van der Waals surface area contributed by atoms with Gasteiger partial charge in [-0.3, -0.25) is 0 Å². The van der Waals surface area contributed by atoms with Crippen molar-refractivity contribution in [1.29, 1.82) is 0 Å². The van der Waals surface area contributed by atoms with Crippen LogP contribution >= 0.6 is 0 Å². The third-order valence-electron chi connectivity index (χ3n) is 14.0. The van der Waals surface area contributed by atoms with E-state index in [0.29, 0.717) is 11.7 Å². The Morgan fingerprint density at radius 1 is 0.685 bits per heavy atom. The highest BCUT2D eigenvalue weighted by molar-refractivity contribution is 6.09. The van der Waals surface area contributed by atoms with Crippen LogP contribution in [0.3, 0.4) is 0 Å². The summed E-state index contributed by atoms with van der Waals surface area (Å²) in [5, 5.41) is 13.5. The summed E-state index contributed by atoms with van der Waals surface area (Å²) >= 11 is 0. The number of aromatic hydroxyl groups is 1. The predicted octanol–water partition coefficient (Wildman–Crippen LogP) is 12.0. The number of phenolic OH excluding ortho intramolecular Hbond substituents is 1. The fraction of sp³-hybridized carbons (Fsp3) is 0.400. The van der Waals surface area contributed by atoms with Gasteiger partial charge in [-0.15, -0.1) is 0 Å². The maximum Gasteiger partial charge on any atom is 0.178 e. The number of fused-ring (bicyclic) bond motifs is 13. The van der Waals surface area contributed by atoms with Gasteiger partial charge >= 0.3 is 0 Å². The van der Waals surface area contributed by atoms with E-state index in [1.165, 1.54) is 108 Å². The third kappa shape index (κ3) is 5.01. The number of ether oxygens (including phenoxy) is 1. The fourth-order valence-corrected chi connectivity index (χ4v) is 11.7. The molecule has 0 aromatic heterocycles. The Bertz CT molecular complexity index is 2230. The molecule has 11 rings (SSSR count). The predicted molar refractivity (Wildman–Crippen MR) is 224 cm³/mol. The SMILES string of the molecule is CC.Oc1ccc2c(c1)C1(CC3CCC1C3)c1c3c(c4cc(N5CCCCC5)ccc4c1-2)OC(c1ccccc1)(c1ccc(N2CCCCC2)cc1)C=C3. The number of phenols is 1. The van der Waals surface area contributed by atoms with Gasteiger partial charge in [0.25, 0.3) is 0 Å². The largest absolute Gasteiger partial charge is 0.508 e. The van der Waals surface area contributed by atoms with E-state index in [9.17, 15) is 5.11 Å². The van der Waals surface area contributed by atoms with Crippen molar-refractivity contribution >= 4 is 28.2 Å². The molecule has 3 heterocycles. The molecular formula is C50H54N2O2. The molecule has 5 aromatic rings. The van der Waals surface area contributed by atoms with Crippen molar-refractivity contribution in [3.63, 3.8) is 0 Å². The van der Waals surface area contributed by atoms with Gasteiger partial charge in [0.2, 0.25) is 0 Å². The van der Waals surface area contributed by atoms with Gasteiger partial charge < -0.3 is 19.6 Å². The van der Waals surface area contributed by atoms with Crippen LogP contribution in [0.5, 0.6) is 11.5 Å². The smallest absolute Gasteiger partial charge is 0.178 e. The van der Waals surface area contributed by atoms with Crippen LogP contribution in [-0.2, 0) is 11.0 Å². The lowest BCUT2D eigenvalue weighted by Crippen LogP contribution is -2.36. The van der Waals surface area contributed by atoms with Crippen molar-refractivity contribution in [2.75, 3.05) is 36.0 Å². The molecule has 4 fully saturated rings. The van der Waals surface area contributed by atoms with Gasteiger partial charge in [0.05, 0.1) is 0 Å². The van der Waals surface area contributed by atoms with E-state index in [2.05, 4.69) is 107 Å². The van der Waals surface area contributed by atoms with Crippen molar-refractivity contribution in [2.45, 2.75) is 89.1 Å². The van der Waals surface area contributed by atoms with E-state index in [-0.39, 0.29) is 5.41 Å². The second kappa shape index (κ2) is 13.3. The normalized spacial score (nSPS) is 26.3. The van der Waals surface area contributed by atoms with Crippen molar-refractivity contribution in [2.24, 2.45) is 11.8 Å². The van der Waals surface area contributed by atoms with Gasteiger partial charge in [-0.2, -0.15) is 0 Å². The average molecular weight is 715 g/mol. The van der Waals surface area contributed by atoms with E-state index in [1.54, 1.807) is 0 Å². The molecule has 6 aliphatic rings. The van der Waals surface area contributed by atoms with Crippen LogP contribution in [0.1, 0.15) is 106 Å². The topological polar surface area (TPSA) is 35.9 Å². The summed E-state index contributed by atoms with van der Waals surface area (Å²) < 4.78 is 7.80. The number of nitrogens with zero attached hydrogens (tertiary/aromatic N) is 2. The lowest BCUT2D eigenvalue weighted by molar-refractivity contribution is 0.163. The minimum atomic E-state index is -0.775. The van der Waals surface area contributed by atoms with Crippen LogP contribution in [0.4, 0.5) is 11.4 Å². The molecule has 4 nitrogen and oxygen atoms in total. The lowest BCUT2D eigenvalue weighted by atomic mass is 9.65. The van der Waals surface area contributed by atoms with Crippen molar-refractivity contribution in [3.8, 4) is 22.6 Å².